The molecule has 0 atom stereocenters. The van der Waals surface area contributed by atoms with Crippen molar-refractivity contribution in [3.63, 3.8) is 0 Å². The van der Waals surface area contributed by atoms with Crippen LogP contribution in [0.1, 0.15) is 22.3 Å². The van der Waals surface area contributed by atoms with E-state index in [9.17, 15) is 4.79 Å². The Bertz CT molecular complexity index is 1020. The summed E-state index contributed by atoms with van der Waals surface area (Å²) in [6.45, 7) is 4.44. The average molecular weight is 385 g/mol. The van der Waals surface area contributed by atoms with E-state index in [2.05, 4.69) is 52.8 Å². The van der Waals surface area contributed by atoms with E-state index in [1.54, 1.807) is 11.3 Å². The molecule has 0 saturated carbocycles. The number of fused-ring (bicyclic) bond motifs is 1. The van der Waals surface area contributed by atoms with Crippen LogP contribution in [-0.2, 0) is 0 Å². The number of hydrogen-bond donors (Lipinski definition) is 1. The van der Waals surface area contributed by atoms with E-state index >= 15 is 0 Å². The number of aromatic nitrogens is 1. The van der Waals surface area contributed by atoms with Crippen molar-refractivity contribution in [3.8, 4) is 19.6 Å². The van der Waals surface area contributed by atoms with Gasteiger partial charge in [0.15, 0.2) is 0 Å². The van der Waals surface area contributed by atoms with Crippen molar-refractivity contribution in [2.75, 3.05) is 6.54 Å². The van der Waals surface area contributed by atoms with Gasteiger partial charge in [0.2, 0.25) is 0 Å². The van der Waals surface area contributed by atoms with Crippen molar-refractivity contribution in [3.05, 3.63) is 53.0 Å². The molecule has 3 aromatic heterocycles. The molecule has 0 aliphatic heterocycles. The van der Waals surface area contributed by atoms with Gasteiger partial charge < -0.3 is 5.32 Å². The Kier molecular flexibility index (Phi) is 4.41. The monoisotopic (exact) mass is 384 g/mol. The van der Waals surface area contributed by atoms with E-state index in [1.807, 2.05) is 25.2 Å². The van der Waals surface area contributed by atoms with Crippen molar-refractivity contribution in [2.24, 2.45) is 0 Å². The molecule has 3 heterocycles. The van der Waals surface area contributed by atoms with Gasteiger partial charge in [-0.25, -0.2) is 4.98 Å². The van der Waals surface area contributed by atoms with Crippen molar-refractivity contribution < 1.29 is 4.79 Å². The van der Waals surface area contributed by atoms with Gasteiger partial charge in [0.05, 0.1) is 10.6 Å². The van der Waals surface area contributed by atoms with Gasteiger partial charge in [-0.1, -0.05) is 18.2 Å². The highest BCUT2D eigenvalue weighted by Crippen LogP contribution is 2.41. The van der Waals surface area contributed by atoms with Crippen LogP contribution in [0.4, 0.5) is 0 Å². The predicted octanol–water partition coefficient (Wildman–Crippen LogP) is 5.81. The SMILES string of the molecule is CCNC(=O)c1sc(-c2ccc(-c3cc4ccccc4s3)s2)nc1C. The summed E-state index contributed by atoms with van der Waals surface area (Å²) in [6.07, 6.45) is 0. The zero-order chi connectivity index (χ0) is 17.4. The van der Waals surface area contributed by atoms with Crippen molar-refractivity contribution in [1.82, 2.24) is 10.3 Å². The number of amides is 1. The lowest BCUT2D eigenvalue weighted by Crippen LogP contribution is -2.22. The first-order valence-corrected chi connectivity index (χ1v) is 10.5. The molecule has 3 nitrogen and oxygen atoms in total. The summed E-state index contributed by atoms with van der Waals surface area (Å²) >= 11 is 5.00. The lowest BCUT2D eigenvalue weighted by Gasteiger charge is -1.97. The van der Waals surface area contributed by atoms with Crippen LogP contribution in [0.5, 0.6) is 0 Å². The molecule has 0 fully saturated rings. The second-order valence-electron chi connectivity index (χ2n) is 5.61. The Morgan fingerprint density at radius 3 is 2.64 bits per heavy atom. The largest absolute Gasteiger partial charge is 0.352 e. The maximum absolute atomic E-state index is 12.1. The molecule has 25 heavy (non-hydrogen) atoms. The Morgan fingerprint density at radius 1 is 1.04 bits per heavy atom. The summed E-state index contributed by atoms with van der Waals surface area (Å²) in [5.41, 5.74) is 0.794. The van der Waals surface area contributed by atoms with Gasteiger partial charge in [0, 0.05) is 21.0 Å². The van der Waals surface area contributed by atoms with E-state index < -0.39 is 0 Å². The number of thiophene rings is 2. The highest BCUT2D eigenvalue weighted by Gasteiger charge is 2.17. The summed E-state index contributed by atoms with van der Waals surface area (Å²) in [6, 6.07) is 14.9. The molecule has 0 bridgehead atoms. The highest BCUT2D eigenvalue weighted by atomic mass is 32.1. The van der Waals surface area contributed by atoms with Gasteiger partial charge in [-0.3, -0.25) is 4.79 Å². The molecule has 0 aliphatic rings. The second kappa shape index (κ2) is 6.71. The molecule has 4 aromatic rings. The Morgan fingerprint density at radius 2 is 1.84 bits per heavy atom. The smallest absolute Gasteiger partial charge is 0.263 e. The van der Waals surface area contributed by atoms with E-state index in [0.29, 0.717) is 11.4 Å². The normalized spacial score (nSPS) is 11.1. The van der Waals surface area contributed by atoms with Crippen LogP contribution in [0.25, 0.3) is 29.7 Å². The molecule has 0 saturated heterocycles. The summed E-state index contributed by atoms with van der Waals surface area (Å²) in [7, 11) is 0. The van der Waals surface area contributed by atoms with Gasteiger partial charge in [-0.2, -0.15) is 0 Å². The molecule has 4 rings (SSSR count). The Labute approximate surface area is 158 Å². The molecule has 6 heteroatoms. The minimum atomic E-state index is -0.0370. The van der Waals surface area contributed by atoms with E-state index in [4.69, 9.17) is 0 Å². The fourth-order valence-corrected chi connectivity index (χ4v) is 5.83. The van der Waals surface area contributed by atoms with Crippen LogP contribution in [0.3, 0.4) is 0 Å². The summed E-state index contributed by atoms with van der Waals surface area (Å²) in [5, 5.41) is 5.04. The third-order valence-electron chi connectivity index (χ3n) is 3.83. The molecule has 1 N–H and O–H groups in total. The maximum Gasteiger partial charge on any atom is 0.263 e. The number of rotatable bonds is 4. The van der Waals surface area contributed by atoms with Crippen molar-refractivity contribution >= 4 is 50.0 Å². The molecule has 126 valence electrons. The van der Waals surface area contributed by atoms with Gasteiger partial charge in [0.25, 0.3) is 5.91 Å². The first-order valence-electron chi connectivity index (χ1n) is 8.00. The zero-order valence-corrected chi connectivity index (χ0v) is 16.3. The van der Waals surface area contributed by atoms with Gasteiger partial charge in [-0.05, 0) is 43.5 Å². The third-order valence-corrected chi connectivity index (χ3v) is 7.55. The highest BCUT2D eigenvalue weighted by molar-refractivity contribution is 7.28. The fourth-order valence-electron chi connectivity index (χ4n) is 2.64. The van der Waals surface area contributed by atoms with E-state index in [-0.39, 0.29) is 5.91 Å². The predicted molar refractivity (Wildman–Crippen MR) is 109 cm³/mol. The number of carbonyl (C=O) groups excluding carboxylic acids is 1. The number of benzene rings is 1. The second-order valence-corrected chi connectivity index (χ2v) is 8.77. The summed E-state index contributed by atoms with van der Waals surface area (Å²) in [5.74, 6) is -0.0370. The summed E-state index contributed by atoms with van der Waals surface area (Å²) in [4.78, 5) is 21.0. The molecule has 0 spiro atoms. The van der Waals surface area contributed by atoms with Crippen molar-refractivity contribution in [1.29, 1.82) is 0 Å². The van der Waals surface area contributed by atoms with Gasteiger partial charge >= 0.3 is 0 Å². The molecule has 0 aliphatic carbocycles. The fraction of sp³-hybridized carbons (Fsp3) is 0.158. The number of thiazole rings is 1. The topological polar surface area (TPSA) is 42.0 Å². The van der Waals surface area contributed by atoms with Crippen LogP contribution >= 0.6 is 34.0 Å². The van der Waals surface area contributed by atoms with E-state index in [0.717, 1.165) is 15.6 Å². The van der Waals surface area contributed by atoms with Crippen LogP contribution in [0.15, 0.2) is 42.5 Å². The number of nitrogens with zero attached hydrogens (tertiary/aromatic N) is 1. The average Bonchev–Trinajstić information content (AvgIpc) is 3.31. The molecule has 1 aromatic carbocycles. The Balaban J connectivity index is 1.67. The zero-order valence-electron chi connectivity index (χ0n) is 13.8. The first-order chi connectivity index (χ1) is 12.2. The number of carbonyl (C=O) groups is 1. The van der Waals surface area contributed by atoms with Crippen LogP contribution in [0, 0.1) is 6.92 Å². The standard InChI is InChI=1S/C19H16N2OS3/c1-3-20-18(22)17-11(2)21-19(25-17)15-9-8-14(24-15)16-10-12-6-4-5-7-13(12)23-16/h4-10H,3H2,1-2H3,(H,20,22). The third kappa shape index (κ3) is 3.13. The maximum atomic E-state index is 12.1. The summed E-state index contributed by atoms with van der Waals surface area (Å²) < 4.78 is 1.30. The minimum Gasteiger partial charge on any atom is -0.352 e. The lowest BCUT2D eigenvalue weighted by molar-refractivity contribution is 0.0959. The Hall–Kier alpha value is -2.02. The molecule has 0 radical (unpaired) electrons. The lowest BCUT2D eigenvalue weighted by atomic mass is 10.2. The number of nitrogens with one attached hydrogen (secondary N) is 1. The molecular weight excluding hydrogens is 368 g/mol. The van der Waals surface area contributed by atoms with E-state index in [1.165, 1.54) is 31.2 Å². The molecule has 1 amide bonds. The van der Waals surface area contributed by atoms with Crippen molar-refractivity contribution in [2.45, 2.75) is 13.8 Å². The minimum absolute atomic E-state index is 0.0370. The van der Waals surface area contributed by atoms with Crippen LogP contribution < -0.4 is 5.32 Å². The number of aryl methyl sites for hydroxylation is 1. The van der Waals surface area contributed by atoms with Crippen LogP contribution in [0.2, 0.25) is 0 Å². The number of hydrogen-bond acceptors (Lipinski definition) is 5. The molecular formula is C19H16N2OS3. The quantitative estimate of drug-likeness (QED) is 0.482. The first kappa shape index (κ1) is 16.4. The van der Waals surface area contributed by atoms with Crippen LogP contribution in [-0.4, -0.2) is 17.4 Å². The molecule has 0 unspecified atom stereocenters. The van der Waals surface area contributed by atoms with Gasteiger partial charge in [-0.15, -0.1) is 34.0 Å². The van der Waals surface area contributed by atoms with Gasteiger partial charge in [0.1, 0.15) is 9.88 Å².